The lowest BCUT2D eigenvalue weighted by Gasteiger charge is -2.55. The monoisotopic (exact) mass is 435 g/mol. The molecule has 2 aliphatic heterocycles. The summed E-state index contributed by atoms with van der Waals surface area (Å²) in [4.78, 5) is 18.9. The number of carbonyl (C=O) groups is 1. The van der Waals surface area contributed by atoms with Crippen molar-refractivity contribution < 1.29 is 14.3 Å². The fourth-order valence-corrected chi connectivity index (χ4v) is 4.35. The van der Waals surface area contributed by atoms with E-state index in [1.165, 1.54) is 5.69 Å². The Morgan fingerprint density at radius 1 is 1.25 bits per heavy atom. The first-order valence-corrected chi connectivity index (χ1v) is 10.9. The van der Waals surface area contributed by atoms with Crippen molar-refractivity contribution in [2.24, 2.45) is 5.41 Å². The van der Waals surface area contributed by atoms with E-state index in [4.69, 9.17) is 9.47 Å². The van der Waals surface area contributed by atoms with E-state index in [1.54, 1.807) is 6.33 Å². The van der Waals surface area contributed by atoms with Crippen molar-refractivity contribution in [3.05, 3.63) is 47.9 Å². The minimum atomic E-state index is -0.514. The normalized spacial score (nSPS) is 17.2. The Balaban J connectivity index is 1.33. The number of hydrogen-bond donors (Lipinski definition) is 1. The van der Waals surface area contributed by atoms with Gasteiger partial charge in [-0.1, -0.05) is 12.1 Å². The second-order valence-corrected chi connectivity index (χ2v) is 9.98. The molecule has 0 aliphatic carbocycles. The molecular formula is C24H29N5O3. The topological polar surface area (TPSA) is 81.0 Å². The van der Waals surface area contributed by atoms with Crippen LogP contribution < -0.4 is 10.2 Å². The summed E-state index contributed by atoms with van der Waals surface area (Å²) in [6.45, 7) is 11.8. The fraction of sp³-hybridized carbons (Fsp3) is 0.458. The van der Waals surface area contributed by atoms with Crippen molar-refractivity contribution in [3.8, 4) is 11.3 Å². The molecule has 168 valence electrons. The van der Waals surface area contributed by atoms with Crippen LogP contribution in [0.5, 0.6) is 0 Å². The molecule has 2 saturated heterocycles. The molecule has 0 radical (unpaired) electrons. The third-order valence-electron chi connectivity index (χ3n) is 6.06. The first-order valence-electron chi connectivity index (χ1n) is 10.9. The molecule has 0 bridgehead atoms. The van der Waals surface area contributed by atoms with Crippen molar-refractivity contribution in [2.45, 2.75) is 39.8 Å². The maximum absolute atomic E-state index is 12.0. The number of nitrogens with one attached hydrogen (secondary N) is 1. The van der Waals surface area contributed by atoms with Crippen molar-refractivity contribution in [3.63, 3.8) is 0 Å². The number of amides is 1. The van der Waals surface area contributed by atoms with Gasteiger partial charge >= 0.3 is 6.09 Å². The molecule has 4 heterocycles. The number of aromatic nitrogens is 3. The van der Waals surface area contributed by atoms with E-state index in [-0.39, 0.29) is 0 Å². The van der Waals surface area contributed by atoms with Crippen LogP contribution in [0.3, 0.4) is 0 Å². The summed E-state index contributed by atoms with van der Waals surface area (Å²) in [6.07, 6.45) is 3.25. The van der Waals surface area contributed by atoms with Gasteiger partial charge in [-0.15, -0.1) is 0 Å². The van der Waals surface area contributed by atoms with E-state index < -0.39 is 11.7 Å². The van der Waals surface area contributed by atoms with Crippen molar-refractivity contribution >= 4 is 17.3 Å². The number of ether oxygens (including phenoxy) is 2. The first-order chi connectivity index (χ1) is 15.2. The molecule has 1 amide bonds. The van der Waals surface area contributed by atoms with Gasteiger partial charge in [0.15, 0.2) is 0 Å². The van der Waals surface area contributed by atoms with Crippen LogP contribution >= 0.6 is 0 Å². The lowest BCUT2D eigenvalue weighted by atomic mass is 9.78. The summed E-state index contributed by atoms with van der Waals surface area (Å²) in [5, 5.41) is 7.23. The Morgan fingerprint density at radius 2 is 2.03 bits per heavy atom. The summed E-state index contributed by atoms with van der Waals surface area (Å²) in [5.41, 5.74) is 6.02. The van der Waals surface area contributed by atoms with Gasteiger partial charge in [0.2, 0.25) is 0 Å². The van der Waals surface area contributed by atoms with E-state index in [2.05, 4.69) is 38.6 Å². The van der Waals surface area contributed by atoms with Gasteiger partial charge in [0.1, 0.15) is 11.9 Å². The van der Waals surface area contributed by atoms with Gasteiger partial charge in [0, 0.05) is 25.2 Å². The van der Waals surface area contributed by atoms with Gasteiger partial charge in [-0.05, 0) is 51.0 Å². The molecule has 3 aromatic rings. The summed E-state index contributed by atoms with van der Waals surface area (Å²) in [5.74, 6) is 0. The Kier molecular flexibility index (Phi) is 4.85. The second-order valence-electron chi connectivity index (χ2n) is 9.98. The first kappa shape index (κ1) is 20.8. The maximum Gasteiger partial charge on any atom is 0.407 e. The van der Waals surface area contributed by atoms with E-state index in [0.717, 1.165) is 54.2 Å². The Hall–Kier alpha value is -3.13. The minimum absolute atomic E-state index is 0.364. The van der Waals surface area contributed by atoms with E-state index in [0.29, 0.717) is 12.0 Å². The van der Waals surface area contributed by atoms with Crippen LogP contribution in [-0.4, -0.2) is 52.6 Å². The third-order valence-corrected chi connectivity index (χ3v) is 6.06. The maximum atomic E-state index is 12.0. The van der Waals surface area contributed by atoms with Gasteiger partial charge in [-0.25, -0.2) is 14.3 Å². The molecule has 1 N–H and O–H groups in total. The summed E-state index contributed by atoms with van der Waals surface area (Å²) in [7, 11) is 0. The van der Waals surface area contributed by atoms with E-state index in [9.17, 15) is 4.79 Å². The van der Waals surface area contributed by atoms with Gasteiger partial charge in [0.25, 0.3) is 0 Å². The van der Waals surface area contributed by atoms with Crippen LogP contribution in [-0.2, 0) is 16.0 Å². The Morgan fingerprint density at radius 3 is 2.69 bits per heavy atom. The van der Waals surface area contributed by atoms with E-state index >= 15 is 0 Å². The van der Waals surface area contributed by atoms with Crippen molar-refractivity contribution in [1.82, 2.24) is 19.9 Å². The lowest BCUT2D eigenvalue weighted by Crippen LogP contribution is -2.66. The van der Waals surface area contributed by atoms with Gasteiger partial charge in [0.05, 0.1) is 41.7 Å². The van der Waals surface area contributed by atoms with Gasteiger partial charge < -0.3 is 19.7 Å². The number of aryl methyl sites for hydroxylation is 1. The summed E-state index contributed by atoms with van der Waals surface area (Å²) < 4.78 is 12.6. The van der Waals surface area contributed by atoms with Crippen LogP contribution in [0.4, 0.5) is 10.5 Å². The SMILES string of the molecule is Cc1cc(-c2ncnn3cc(N4CC5(COC5)C4)cc23)ccc1CNC(=O)OC(C)(C)C. The average molecular weight is 436 g/mol. The molecule has 2 aromatic heterocycles. The Bertz CT molecular complexity index is 1170. The summed E-state index contributed by atoms with van der Waals surface area (Å²) >= 11 is 0. The third kappa shape index (κ3) is 3.90. The van der Waals surface area contributed by atoms with Crippen LogP contribution in [0.2, 0.25) is 0 Å². The molecule has 1 spiro atoms. The highest BCUT2D eigenvalue weighted by Gasteiger charge is 2.49. The number of fused-ring (bicyclic) bond motifs is 1. The molecule has 32 heavy (non-hydrogen) atoms. The molecule has 1 aromatic carbocycles. The highest BCUT2D eigenvalue weighted by molar-refractivity contribution is 5.80. The number of hydrogen-bond acceptors (Lipinski definition) is 6. The van der Waals surface area contributed by atoms with Crippen LogP contribution in [0, 0.1) is 12.3 Å². The number of alkyl carbamates (subject to hydrolysis) is 1. The predicted octanol–water partition coefficient (Wildman–Crippen LogP) is 3.57. The quantitative estimate of drug-likeness (QED) is 0.675. The molecular weight excluding hydrogens is 406 g/mol. The zero-order valence-corrected chi connectivity index (χ0v) is 19.0. The summed E-state index contributed by atoms with van der Waals surface area (Å²) in [6, 6.07) is 8.33. The molecule has 8 heteroatoms. The average Bonchev–Trinajstić information content (AvgIpc) is 3.07. The fourth-order valence-electron chi connectivity index (χ4n) is 4.35. The molecule has 0 atom stereocenters. The van der Waals surface area contributed by atoms with Gasteiger partial charge in [-0.2, -0.15) is 5.10 Å². The predicted molar refractivity (Wildman–Crippen MR) is 122 cm³/mol. The number of rotatable bonds is 4. The highest BCUT2D eigenvalue weighted by Crippen LogP contribution is 2.41. The lowest BCUT2D eigenvalue weighted by molar-refractivity contribution is -0.127. The molecule has 5 rings (SSSR count). The number of nitrogens with zero attached hydrogens (tertiary/aromatic N) is 4. The van der Waals surface area contributed by atoms with Crippen LogP contribution in [0.15, 0.2) is 36.8 Å². The minimum Gasteiger partial charge on any atom is -0.444 e. The molecule has 0 unspecified atom stereocenters. The van der Waals surface area contributed by atoms with Crippen LogP contribution in [0.1, 0.15) is 31.9 Å². The van der Waals surface area contributed by atoms with Crippen LogP contribution in [0.25, 0.3) is 16.8 Å². The molecule has 2 fully saturated rings. The molecule has 2 aliphatic rings. The smallest absolute Gasteiger partial charge is 0.407 e. The molecule has 8 nitrogen and oxygen atoms in total. The second kappa shape index (κ2) is 7.48. The number of carbonyl (C=O) groups excluding carboxylic acids is 1. The zero-order valence-electron chi connectivity index (χ0n) is 19.0. The standard InChI is InChI=1S/C24H29N5O3/c1-16-7-17(5-6-18(16)9-25-22(30)32-23(2,3)4)21-20-8-19(10-29(20)27-15-26-21)28-11-24(12-28)13-31-14-24/h5-8,10,15H,9,11-14H2,1-4H3,(H,25,30). The Labute approximate surface area is 187 Å². The van der Waals surface area contributed by atoms with E-state index in [1.807, 2.05) is 44.3 Å². The highest BCUT2D eigenvalue weighted by atomic mass is 16.6. The largest absolute Gasteiger partial charge is 0.444 e. The van der Waals surface area contributed by atoms with Crippen molar-refractivity contribution in [2.75, 3.05) is 31.2 Å². The zero-order chi connectivity index (χ0) is 22.5. The molecule has 0 saturated carbocycles. The number of benzene rings is 1. The van der Waals surface area contributed by atoms with Crippen molar-refractivity contribution in [1.29, 1.82) is 0 Å². The number of anilines is 1. The van der Waals surface area contributed by atoms with Gasteiger partial charge in [-0.3, -0.25) is 0 Å².